The van der Waals surface area contributed by atoms with Crippen LogP contribution in [0.4, 0.5) is 0 Å². The van der Waals surface area contributed by atoms with Crippen LogP contribution in [0.25, 0.3) is 0 Å². The average Bonchev–Trinajstić information content (AvgIpc) is 2.19. The summed E-state index contributed by atoms with van der Waals surface area (Å²) in [5.74, 6) is 0.236. The molecule has 0 saturated carbocycles. The summed E-state index contributed by atoms with van der Waals surface area (Å²) < 4.78 is 5.29. The van der Waals surface area contributed by atoms with Gasteiger partial charge >= 0.3 is 5.97 Å². The standard InChI is InChI=1S/C14H18O2/c1-6-12(15)16-13-10(2)8-7-9-11(13)14(3,4)5/h6-9H,1H2,2-5H3. The predicted octanol–water partition coefficient (Wildman–Crippen LogP) is 3.38. The van der Waals surface area contributed by atoms with Crippen LogP contribution in [0.15, 0.2) is 30.9 Å². The Kier molecular flexibility index (Phi) is 3.53. The largest absolute Gasteiger partial charge is 0.423 e. The van der Waals surface area contributed by atoms with E-state index in [1.54, 1.807) is 0 Å². The van der Waals surface area contributed by atoms with Crippen LogP contribution in [0.5, 0.6) is 5.75 Å². The number of benzene rings is 1. The van der Waals surface area contributed by atoms with Gasteiger partial charge in [0.25, 0.3) is 0 Å². The molecule has 0 bridgehead atoms. The second-order valence-electron chi connectivity index (χ2n) is 4.83. The van der Waals surface area contributed by atoms with Crippen LogP contribution in [0.2, 0.25) is 0 Å². The van der Waals surface area contributed by atoms with E-state index >= 15 is 0 Å². The molecule has 0 N–H and O–H groups in total. The van der Waals surface area contributed by atoms with Crippen molar-refractivity contribution in [3.8, 4) is 5.75 Å². The first-order valence-corrected chi connectivity index (χ1v) is 5.30. The van der Waals surface area contributed by atoms with E-state index in [1.807, 2.05) is 25.1 Å². The van der Waals surface area contributed by atoms with Crippen molar-refractivity contribution < 1.29 is 9.53 Å². The van der Waals surface area contributed by atoms with E-state index in [0.717, 1.165) is 11.1 Å². The second kappa shape index (κ2) is 4.52. The molecule has 0 radical (unpaired) electrons. The molecule has 0 saturated heterocycles. The smallest absolute Gasteiger partial charge is 0.335 e. The molecule has 1 aromatic carbocycles. The summed E-state index contributed by atoms with van der Waals surface area (Å²) in [5, 5.41) is 0. The number of aryl methyl sites for hydroxylation is 1. The van der Waals surface area contributed by atoms with Gasteiger partial charge in [-0.3, -0.25) is 0 Å². The fraction of sp³-hybridized carbons (Fsp3) is 0.357. The lowest BCUT2D eigenvalue weighted by atomic mass is 9.85. The molecule has 2 nitrogen and oxygen atoms in total. The zero-order chi connectivity index (χ0) is 12.3. The third kappa shape index (κ3) is 2.72. The van der Waals surface area contributed by atoms with Crippen molar-refractivity contribution in [1.82, 2.24) is 0 Å². The summed E-state index contributed by atoms with van der Waals surface area (Å²) in [6.45, 7) is 11.6. The van der Waals surface area contributed by atoms with Crippen molar-refractivity contribution in [2.75, 3.05) is 0 Å². The molecule has 0 unspecified atom stereocenters. The maximum Gasteiger partial charge on any atom is 0.335 e. The minimum Gasteiger partial charge on any atom is -0.423 e. The number of para-hydroxylation sites is 1. The fourth-order valence-electron chi connectivity index (χ4n) is 1.52. The number of ether oxygens (including phenoxy) is 1. The lowest BCUT2D eigenvalue weighted by Crippen LogP contribution is -2.16. The number of hydrogen-bond acceptors (Lipinski definition) is 2. The van der Waals surface area contributed by atoms with E-state index < -0.39 is 5.97 Å². The summed E-state index contributed by atoms with van der Waals surface area (Å²) >= 11 is 0. The van der Waals surface area contributed by atoms with Crippen LogP contribution < -0.4 is 4.74 Å². The van der Waals surface area contributed by atoms with E-state index in [0.29, 0.717) is 5.75 Å². The van der Waals surface area contributed by atoms with Crippen LogP contribution in [0.1, 0.15) is 31.9 Å². The molecule has 0 aromatic heterocycles. The predicted molar refractivity (Wildman–Crippen MR) is 65.7 cm³/mol. The van der Waals surface area contributed by atoms with Crippen LogP contribution in [-0.4, -0.2) is 5.97 Å². The molecule has 16 heavy (non-hydrogen) atoms. The molecule has 0 atom stereocenters. The molecular formula is C14H18O2. The summed E-state index contributed by atoms with van der Waals surface area (Å²) in [6, 6.07) is 5.89. The summed E-state index contributed by atoms with van der Waals surface area (Å²) in [6.07, 6.45) is 1.18. The Hall–Kier alpha value is -1.57. The molecule has 2 heteroatoms. The Balaban J connectivity index is 3.24. The molecule has 0 aliphatic rings. The lowest BCUT2D eigenvalue weighted by molar-refractivity contribution is -0.129. The lowest BCUT2D eigenvalue weighted by Gasteiger charge is -2.23. The number of carbonyl (C=O) groups is 1. The summed E-state index contributed by atoms with van der Waals surface area (Å²) in [7, 11) is 0. The highest BCUT2D eigenvalue weighted by molar-refractivity contribution is 5.84. The van der Waals surface area contributed by atoms with E-state index in [4.69, 9.17) is 4.74 Å². The zero-order valence-corrected chi connectivity index (χ0v) is 10.3. The molecule has 0 fully saturated rings. The van der Waals surface area contributed by atoms with Gasteiger partial charge in [-0.15, -0.1) is 0 Å². The summed E-state index contributed by atoms with van der Waals surface area (Å²) in [4.78, 5) is 11.3. The number of rotatable bonds is 2. The van der Waals surface area contributed by atoms with Gasteiger partial charge in [-0.2, -0.15) is 0 Å². The molecule has 0 amide bonds. The molecule has 0 aliphatic carbocycles. The minimum absolute atomic E-state index is 0.0528. The van der Waals surface area contributed by atoms with Crippen molar-refractivity contribution in [3.05, 3.63) is 42.0 Å². The topological polar surface area (TPSA) is 26.3 Å². The van der Waals surface area contributed by atoms with Crippen LogP contribution in [0.3, 0.4) is 0 Å². The van der Waals surface area contributed by atoms with E-state index in [-0.39, 0.29) is 5.41 Å². The monoisotopic (exact) mass is 218 g/mol. The normalized spacial score (nSPS) is 11.0. The molecule has 1 aromatic rings. The fourth-order valence-corrected chi connectivity index (χ4v) is 1.52. The third-order valence-corrected chi connectivity index (χ3v) is 2.39. The van der Waals surface area contributed by atoms with Crippen molar-refractivity contribution in [2.45, 2.75) is 33.1 Å². The minimum atomic E-state index is -0.417. The Bertz CT molecular complexity index is 411. The SMILES string of the molecule is C=CC(=O)Oc1c(C)cccc1C(C)(C)C. The molecule has 0 spiro atoms. The van der Waals surface area contributed by atoms with E-state index in [1.165, 1.54) is 6.08 Å². The zero-order valence-electron chi connectivity index (χ0n) is 10.3. The van der Waals surface area contributed by atoms with Gasteiger partial charge in [0.1, 0.15) is 5.75 Å². The first-order chi connectivity index (χ1) is 7.36. The van der Waals surface area contributed by atoms with Crippen LogP contribution in [-0.2, 0) is 10.2 Å². The highest BCUT2D eigenvalue weighted by Gasteiger charge is 2.21. The van der Waals surface area contributed by atoms with Gasteiger partial charge in [-0.1, -0.05) is 45.5 Å². The Morgan fingerprint density at radius 2 is 2.00 bits per heavy atom. The quantitative estimate of drug-likeness (QED) is 0.432. The molecule has 1 rings (SSSR count). The first kappa shape index (κ1) is 12.5. The maximum atomic E-state index is 11.3. The maximum absolute atomic E-state index is 11.3. The first-order valence-electron chi connectivity index (χ1n) is 5.30. The summed E-state index contributed by atoms with van der Waals surface area (Å²) in [5.41, 5.74) is 1.94. The van der Waals surface area contributed by atoms with E-state index in [9.17, 15) is 4.79 Å². The van der Waals surface area contributed by atoms with Gasteiger partial charge in [-0.05, 0) is 17.9 Å². The number of carbonyl (C=O) groups excluding carboxylic acids is 1. The second-order valence-corrected chi connectivity index (χ2v) is 4.83. The van der Waals surface area contributed by atoms with Crippen molar-refractivity contribution in [2.24, 2.45) is 0 Å². The molecule has 0 aliphatic heterocycles. The third-order valence-electron chi connectivity index (χ3n) is 2.39. The molecular weight excluding hydrogens is 200 g/mol. The van der Waals surface area contributed by atoms with Gasteiger partial charge in [0.05, 0.1) is 0 Å². The number of hydrogen-bond donors (Lipinski definition) is 0. The Labute approximate surface area is 96.9 Å². The van der Waals surface area contributed by atoms with Gasteiger partial charge < -0.3 is 4.74 Å². The van der Waals surface area contributed by atoms with E-state index in [2.05, 4.69) is 27.4 Å². The van der Waals surface area contributed by atoms with Crippen LogP contribution in [0, 0.1) is 6.92 Å². The highest BCUT2D eigenvalue weighted by atomic mass is 16.5. The van der Waals surface area contributed by atoms with Crippen molar-refractivity contribution in [1.29, 1.82) is 0 Å². The van der Waals surface area contributed by atoms with Crippen LogP contribution >= 0.6 is 0 Å². The van der Waals surface area contributed by atoms with Gasteiger partial charge in [-0.25, -0.2) is 4.79 Å². The van der Waals surface area contributed by atoms with Crippen molar-refractivity contribution in [3.63, 3.8) is 0 Å². The van der Waals surface area contributed by atoms with Gasteiger partial charge in [0.2, 0.25) is 0 Å². The Morgan fingerprint density at radius 1 is 1.38 bits per heavy atom. The Morgan fingerprint density at radius 3 is 2.50 bits per heavy atom. The average molecular weight is 218 g/mol. The molecule has 86 valence electrons. The highest BCUT2D eigenvalue weighted by Crippen LogP contribution is 2.33. The number of esters is 1. The van der Waals surface area contributed by atoms with Gasteiger partial charge in [0, 0.05) is 11.6 Å². The molecule has 0 heterocycles. The van der Waals surface area contributed by atoms with Crippen molar-refractivity contribution >= 4 is 5.97 Å². The van der Waals surface area contributed by atoms with Gasteiger partial charge in [0.15, 0.2) is 0 Å².